The summed E-state index contributed by atoms with van der Waals surface area (Å²) in [6, 6.07) is 0.291. The monoisotopic (exact) mass is 144 g/mol. The molecule has 0 aromatic carbocycles. The zero-order valence-corrected chi connectivity index (χ0v) is 5.80. The number of hydrazine groups is 1. The van der Waals surface area contributed by atoms with E-state index in [9.17, 15) is 4.79 Å². The van der Waals surface area contributed by atoms with Gasteiger partial charge in [0.15, 0.2) is 0 Å². The lowest BCUT2D eigenvalue weighted by molar-refractivity contribution is -0.110. The molecule has 0 saturated carbocycles. The van der Waals surface area contributed by atoms with Gasteiger partial charge in [0.1, 0.15) is 0 Å². The van der Waals surface area contributed by atoms with Crippen LogP contribution in [0.15, 0.2) is 0 Å². The van der Waals surface area contributed by atoms with Gasteiger partial charge in [0, 0.05) is 12.6 Å². The summed E-state index contributed by atoms with van der Waals surface area (Å²) in [6.45, 7) is 1.54. The Morgan fingerprint density at radius 3 is 3.10 bits per heavy atom. The Morgan fingerprint density at radius 1 is 1.60 bits per heavy atom. The first kappa shape index (κ1) is 7.50. The fourth-order valence-corrected chi connectivity index (χ4v) is 1.01. The van der Waals surface area contributed by atoms with Gasteiger partial charge in [0.05, 0.1) is 6.61 Å². The van der Waals surface area contributed by atoms with Crippen LogP contribution in [0.2, 0.25) is 0 Å². The van der Waals surface area contributed by atoms with Crippen molar-refractivity contribution in [3.63, 3.8) is 0 Å². The summed E-state index contributed by atoms with van der Waals surface area (Å²) in [7, 11) is 0. The Bertz CT molecular complexity index is 102. The second-order valence-electron chi connectivity index (χ2n) is 2.32. The maximum Gasteiger partial charge on any atom is 0.221 e. The van der Waals surface area contributed by atoms with Crippen molar-refractivity contribution in [3.05, 3.63) is 0 Å². The highest BCUT2D eigenvalue weighted by molar-refractivity contribution is 5.44. The van der Waals surface area contributed by atoms with Crippen LogP contribution in [0, 0.1) is 0 Å². The van der Waals surface area contributed by atoms with Crippen molar-refractivity contribution in [2.75, 3.05) is 13.2 Å². The SMILES string of the molecule is O=CNNC1CCCOC1. The smallest absolute Gasteiger partial charge is 0.221 e. The second-order valence-corrected chi connectivity index (χ2v) is 2.32. The van der Waals surface area contributed by atoms with Gasteiger partial charge in [-0.25, -0.2) is 5.43 Å². The molecule has 1 saturated heterocycles. The van der Waals surface area contributed by atoms with E-state index in [-0.39, 0.29) is 0 Å². The lowest BCUT2D eigenvalue weighted by atomic mass is 10.1. The van der Waals surface area contributed by atoms with Gasteiger partial charge < -0.3 is 4.74 Å². The van der Waals surface area contributed by atoms with Crippen LogP contribution in [0.3, 0.4) is 0 Å². The van der Waals surface area contributed by atoms with E-state index in [1.54, 1.807) is 0 Å². The highest BCUT2D eigenvalue weighted by Gasteiger charge is 2.11. The summed E-state index contributed by atoms with van der Waals surface area (Å²) in [4.78, 5) is 9.83. The van der Waals surface area contributed by atoms with Crippen molar-refractivity contribution in [1.29, 1.82) is 0 Å². The predicted molar refractivity (Wildman–Crippen MR) is 36.2 cm³/mol. The topological polar surface area (TPSA) is 50.4 Å². The van der Waals surface area contributed by atoms with Gasteiger partial charge in [-0.3, -0.25) is 10.2 Å². The van der Waals surface area contributed by atoms with E-state index >= 15 is 0 Å². The Hall–Kier alpha value is -0.610. The third kappa shape index (κ3) is 2.33. The van der Waals surface area contributed by atoms with E-state index in [1.807, 2.05) is 0 Å². The van der Waals surface area contributed by atoms with Crippen LogP contribution >= 0.6 is 0 Å². The molecule has 1 amide bonds. The van der Waals surface area contributed by atoms with Gasteiger partial charge in [0.2, 0.25) is 6.41 Å². The molecule has 0 aromatic heterocycles. The Labute approximate surface area is 59.9 Å². The summed E-state index contributed by atoms with van der Waals surface area (Å²) in [5, 5.41) is 0. The summed E-state index contributed by atoms with van der Waals surface area (Å²) in [6.07, 6.45) is 2.77. The molecular formula is C6H12N2O2. The summed E-state index contributed by atoms with van der Waals surface area (Å²) in [5.74, 6) is 0. The molecule has 1 heterocycles. The molecule has 58 valence electrons. The van der Waals surface area contributed by atoms with Crippen LogP contribution in [0.1, 0.15) is 12.8 Å². The molecule has 1 aliphatic rings. The van der Waals surface area contributed by atoms with E-state index in [0.29, 0.717) is 19.1 Å². The number of amides is 1. The molecule has 1 unspecified atom stereocenters. The lowest BCUT2D eigenvalue weighted by Crippen LogP contribution is -2.44. The van der Waals surface area contributed by atoms with Crippen molar-refractivity contribution in [2.45, 2.75) is 18.9 Å². The van der Waals surface area contributed by atoms with Crippen molar-refractivity contribution < 1.29 is 9.53 Å². The zero-order valence-electron chi connectivity index (χ0n) is 5.80. The van der Waals surface area contributed by atoms with Gasteiger partial charge in [-0.1, -0.05) is 0 Å². The molecule has 2 N–H and O–H groups in total. The normalized spacial score (nSPS) is 25.8. The minimum absolute atomic E-state index is 0.291. The number of hydrogen-bond acceptors (Lipinski definition) is 3. The maximum atomic E-state index is 9.83. The summed E-state index contributed by atoms with van der Waals surface area (Å²) < 4.78 is 5.16. The molecular weight excluding hydrogens is 132 g/mol. The van der Waals surface area contributed by atoms with Crippen LogP contribution in [0.4, 0.5) is 0 Å². The average molecular weight is 144 g/mol. The number of ether oxygens (including phenoxy) is 1. The minimum atomic E-state index is 0.291. The average Bonchev–Trinajstić information content (AvgIpc) is 2.03. The van der Waals surface area contributed by atoms with E-state index in [4.69, 9.17) is 4.74 Å². The Kier molecular flexibility index (Phi) is 3.18. The number of rotatable bonds is 3. The van der Waals surface area contributed by atoms with Crippen LogP contribution in [-0.2, 0) is 9.53 Å². The fourth-order valence-electron chi connectivity index (χ4n) is 1.01. The van der Waals surface area contributed by atoms with Crippen LogP contribution in [-0.4, -0.2) is 25.7 Å². The first-order valence-electron chi connectivity index (χ1n) is 3.46. The number of nitrogens with one attached hydrogen (secondary N) is 2. The van der Waals surface area contributed by atoms with Crippen molar-refractivity contribution in [2.24, 2.45) is 0 Å². The molecule has 0 spiro atoms. The Balaban J connectivity index is 2.07. The van der Waals surface area contributed by atoms with E-state index in [0.717, 1.165) is 19.4 Å². The third-order valence-corrected chi connectivity index (χ3v) is 1.51. The van der Waals surface area contributed by atoms with Crippen LogP contribution < -0.4 is 10.9 Å². The van der Waals surface area contributed by atoms with Crippen molar-refractivity contribution in [1.82, 2.24) is 10.9 Å². The fraction of sp³-hybridized carbons (Fsp3) is 0.833. The predicted octanol–water partition coefficient (Wildman–Crippen LogP) is -0.584. The molecule has 0 aliphatic carbocycles. The highest BCUT2D eigenvalue weighted by atomic mass is 16.5. The third-order valence-electron chi connectivity index (χ3n) is 1.51. The molecule has 4 heteroatoms. The molecule has 1 rings (SSSR count). The van der Waals surface area contributed by atoms with E-state index in [2.05, 4.69) is 10.9 Å². The number of hydrogen-bond donors (Lipinski definition) is 2. The molecule has 10 heavy (non-hydrogen) atoms. The van der Waals surface area contributed by atoms with Gasteiger partial charge >= 0.3 is 0 Å². The molecule has 1 atom stereocenters. The van der Waals surface area contributed by atoms with E-state index in [1.165, 1.54) is 0 Å². The standard InChI is InChI=1S/C6H12N2O2/c9-5-7-8-6-2-1-3-10-4-6/h5-6,8H,1-4H2,(H,7,9). The van der Waals surface area contributed by atoms with Crippen molar-refractivity contribution >= 4 is 6.41 Å². The molecule has 1 aliphatic heterocycles. The zero-order chi connectivity index (χ0) is 7.23. The summed E-state index contributed by atoms with van der Waals surface area (Å²) in [5.41, 5.74) is 5.24. The molecule has 0 bridgehead atoms. The van der Waals surface area contributed by atoms with Gasteiger partial charge in [-0.2, -0.15) is 0 Å². The van der Waals surface area contributed by atoms with Gasteiger partial charge in [0.25, 0.3) is 0 Å². The van der Waals surface area contributed by atoms with Crippen molar-refractivity contribution in [3.8, 4) is 0 Å². The highest BCUT2D eigenvalue weighted by Crippen LogP contribution is 2.03. The lowest BCUT2D eigenvalue weighted by Gasteiger charge is -2.22. The maximum absolute atomic E-state index is 9.83. The molecule has 0 aromatic rings. The van der Waals surface area contributed by atoms with Crippen LogP contribution in [0.5, 0.6) is 0 Å². The molecule has 4 nitrogen and oxygen atoms in total. The van der Waals surface area contributed by atoms with Gasteiger partial charge in [-0.05, 0) is 12.8 Å². The number of carbonyl (C=O) groups is 1. The largest absolute Gasteiger partial charge is 0.380 e. The van der Waals surface area contributed by atoms with Crippen LogP contribution in [0.25, 0.3) is 0 Å². The summed E-state index contributed by atoms with van der Waals surface area (Å²) >= 11 is 0. The Morgan fingerprint density at radius 2 is 2.50 bits per heavy atom. The van der Waals surface area contributed by atoms with Gasteiger partial charge in [-0.15, -0.1) is 0 Å². The molecule has 1 fully saturated rings. The first-order chi connectivity index (χ1) is 4.93. The number of carbonyl (C=O) groups excluding carboxylic acids is 1. The molecule has 0 radical (unpaired) electrons. The second kappa shape index (κ2) is 4.24. The first-order valence-corrected chi connectivity index (χ1v) is 3.46. The minimum Gasteiger partial charge on any atom is -0.380 e. The quantitative estimate of drug-likeness (QED) is 0.411. The van der Waals surface area contributed by atoms with E-state index < -0.39 is 0 Å².